The number of benzene rings is 2. The first-order chi connectivity index (χ1) is 15.2. The molecule has 0 bridgehead atoms. The molecule has 1 fully saturated rings. The molecule has 8 heteroatoms. The van der Waals surface area contributed by atoms with E-state index >= 15 is 0 Å². The number of tetrazole rings is 1. The fourth-order valence-corrected chi connectivity index (χ4v) is 3.69. The van der Waals surface area contributed by atoms with Crippen molar-refractivity contribution in [3.05, 3.63) is 59.4 Å². The zero-order valence-corrected chi connectivity index (χ0v) is 17.5. The topological polar surface area (TPSA) is 98.5 Å². The fraction of sp³-hybridized carbons (Fsp3) is 0.304. The molecule has 1 saturated carbocycles. The summed E-state index contributed by atoms with van der Waals surface area (Å²) in [5.74, 6) is 0.573. The number of aromatic nitrogens is 6. The van der Waals surface area contributed by atoms with E-state index in [-0.39, 0.29) is 5.91 Å². The van der Waals surface area contributed by atoms with Crippen molar-refractivity contribution < 1.29 is 4.79 Å². The first-order valence-electron chi connectivity index (χ1n) is 10.7. The number of aryl methyl sites for hydroxylation is 2. The lowest BCUT2D eigenvalue weighted by atomic mass is 10.1. The number of carbonyl (C=O) groups excluding carboxylic acids is 1. The largest absolute Gasteiger partial charge is 0.322 e. The molecule has 0 radical (unpaired) electrons. The summed E-state index contributed by atoms with van der Waals surface area (Å²) in [4.78, 5) is 22.2. The number of hydrogen-bond acceptors (Lipinski definition) is 6. The SMILES string of the molecule is CCc1nc2ccc(C(=O)Nc3ccc(-c4nnnn4C4CC4)cc3)cc2nc1CC. The summed E-state index contributed by atoms with van der Waals surface area (Å²) in [5, 5.41) is 15.0. The summed E-state index contributed by atoms with van der Waals surface area (Å²) in [6.45, 7) is 4.15. The van der Waals surface area contributed by atoms with E-state index in [2.05, 4.69) is 34.7 Å². The maximum atomic E-state index is 12.8. The Morgan fingerprint density at radius 2 is 1.71 bits per heavy atom. The number of hydrogen-bond donors (Lipinski definition) is 1. The van der Waals surface area contributed by atoms with Crippen molar-refractivity contribution >= 4 is 22.6 Å². The Morgan fingerprint density at radius 1 is 1.00 bits per heavy atom. The van der Waals surface area contributed by atoms with E-state index in [0.717, 1.165) is 59.5 Å². The lowest BCUT2D eigenvalue weighted by Crippen LogP contribution is -2.12. The van der Waals surface area contributed by atoms with Gasteiger partial charge in [-0.15, -0.1) is 5.10 Å². The molecule has 0 unspecified atom stereocenters. The maximum absolute atomic E-state index is 12.8. The predicted molar refractivity (Wildman–Crippen MR) is 118 cm³/mol. The highest BCUT2D eigenvalue weighted by Crippen LogP contribution is 2.36. The smallest absolute Gasteiger partial charge is 0.255 e. The lowest BCUT2D eigenvalue weighted by Gasteiger charge is -2.09. The van der Waals surface area contributed by atoms with Crippen LogP contribution in [0.1, 0.15) is 54.5 Å². The van der Waals surface area contributed by atoms with Gasteiger partial charge in [-0.25, -0.2) is 14.6 Å². The minimum atomic E-state index is -0.183. The molecule has 1 N–H and O–H groups in total. The van der Waals surface area contributed by atoms with Gasteiger partial charge in [-0.1, -0.05) is 13.8 Å². The van der Waals surface area contributed by atoms with Gasteiger partial charge in [-0.3, -0.25) is 4.79 Å². The van der Waals surface area contributed by atoms with Crippen LogP contribution in [-0.4, -0.2) is 36.1 Å². The van der Waals surface area contributed by atoms with Gasteiger partial charge in [0, 0.05) is 16.8 Å². The minimum absolute atomic E-state index is 0.183. The van der Waals surface area contributed by atoms with E-state index in [1.165, 1.54) is 0 Å². The second-order valence-electron chi connectivity index (χ2n) is 7.74. The van der Waals surface area contributed by atoms with Crippen LogP contribution < -0.4 is 5.32 Å². The van der Waals surface area contributed by atoms with Crippen LogP contribution in [0.4, 0.5) is 5.69 Å². The fourth-order valence-electron chi connectivity index (χ4n) is 3.69. The third-order valence-corrected chi connectivity index (χ3v) is 5.54. The van der Waals surface area contributed by atoms with Crippen LogP contribution in [0.5, 0.6) is 0 Å². The first-order valence-corrected chi connectivity index (χ1v) is 10.7. The van der Waals surface area contributed by atoms with E-state index in [1.807, 2.05) is 35.0 Å². The quantitative estimate of drug-likeness (QED) is 0.513. The second-order valence-corrected chi connectivity index (χ2v) is 7.74. The van der Waals surface area contributed by atoms with E-state index in [4.69, 9.17) is 9.97 Å². The minimum Gasteiger partial charge on any atom is -0.322 e. The zero-order valence-electron chi connectivity index (χ0n) is 17.5. The van der Waals surface area contributed by atoms with Crippen molar-refractivity contribution in [3.8, 4) is 11.4 Å². The molecule has 2 aromatic heterocycles. The Kier molecular flexibility index (Phi) is 4.89. The second kappa shape index (κ2) is 7.86. The van der Waals surface area contributed by atoms with Crippen LogP contribution >= 0.6 is 0 Å². The monoisotopic (exact) mass is 413 g/mol. The van der Waals surface area contributed by atoms with Crippen molar-refractivity contribution in [2.75, 3.05) is 5.32 Å². The van der Waals surface area contributed by atoms with E-state index in [9.17, 15) is 4.79 Å². The number of nitrogens with one attached hydrogen (secondary N) is 1. The third-order valence-electron chi connectivity index (χ3n) is 5.54. The Balaban J connectivity index is 1.35. The molecule has 1 aliphatic rings. The molecule has 0 spiro atoms. The summed E-state index contributed by atoms with van der Waals surface area (Å²) in [6, 6.07) is 13.4. The average Bonchev–Trinajstić information content (AvgIpc) is 3.54. The summed E-state index contributed by atoms with van der Waals surface area (Å²) in [5.41, 5.74) is 5.73. The molecular formula is C23H23N7O. The molecule has 8 nitrogen and oxygen atoms in total. The highest BCUT2D eigenvalue weighted by molar-refractivity contribution is 6.06. The van der Waals surface area contributed by atoms with Crippen LogP contribution in [-0.2, 0) is 12.8 Å². The molecule has 1 amide bonds. The average molecular weight is 413 g/mol. The van der Waals surface area contributed by atoms with Gasteiger partial charge in [0.2, 0.25) is 0 Å². The molecule has 0 aliphatic heterocycles. The van der Waals surface area contributed by atoms with Crippen molar-refractivity contribution in [3.63, 3.8) is 0 Å². The van der Waals surface area contributed by atoms with Gasteiger partial charge < -0.3 is 5.32 Å². The highest BCUT2D eigenvalue weighted by atomic mass is 16.1. The molecule has 0 atom stereocenters. The highest BCUT2D eigenvalue weighted by Gasteiger charge is 2.28. The molecular weight excluding hydrogens is 390 g/mol. The number of carbonyl (C=O) groups is 1. The van der Waals surface area contributed by atoms with Crippen LogP contribution in [0.2, 0.25) is 0 Å². The van der Waals surface area contributed by atoms with E-state index in [1.54, 1.807) is 12.1 Å². The van der Waals surface area contributed by atoms with Gasteiger partial charge in [-0.05, 0) is 78.6 Å². The van der Waals surface area contributed by atoms with Gasteiger partial charge in [0.05, 0.1) is 28.5 Å². The van der Waals surface area contributed by atoms with Gasteiger partial charge in [0.25, 0.3) is 5.91 Å². The number of amides is 1. The molecule has 1 aliphatic carbocycles. The molecule has 2 heterocycles. The van der Waals surface area contributed by atoms with Gasteiger partial charge in [-0.2, -0.15) is 0 Å². The van der Waals surface area contributed by atoms with Crippen LogP contribution in [0.25, 0.3) is 22.4 Å². The maximum Gasteiger partial charge on any atom is 0.255 e. The summed E-state index contributed by atoms with van der Waals surface area (Å²) >= 11 is 0. The van der Waals surface area contributed by atoms with Crippen molar-refractivity contribution in [2.45, 2.75) is 45.6 Å². The lowest BCUT2D eigenvalue weighted by molar-refractivity contribution is 0.102. The zero-order chi connectivity index (χ0) is 21.4. The van der Waals surface area contributed by atoms with Gasteiger partial charge >= 0.3 is 0 Å². The van der Waals surface area contributed by atoms with Crippen molar-refractivity contribution in [1.82, 2.24) is 30.2 Å². The van der Waals surface area contributed by atoms with Crippen molar-refractivity contribution in [1.29, 1.82) is 0 Å². The Hall–Kier alpha value is -3.68. The molecule has 5 rings (SSSR count). The number of rotatable bonds is 6. The number of anilines is 1. The summed E-state index contributed by atoms with van der Waals surface area (Å²) in [7, 11) is 0. The first kappa shape index (κ1) is 19.3. The van der Waals surface area contributed by atoms with E-state index in [0.29, 0.717) is 17.3 Å². The predicted octanol–water partition coefficient (Wildman–Crippen LogP) is 4.00. The molecule has 31 heavy (non-hydrogen) atoms. The molecule has 2 aromatic carbocycles. The Morgan fingerprint density at radius 3 is 2.39 bits per heavy atom. The van der Waals surface area contributed by atoms with Crippen LogP contribution in [0.15, 0.2) is 42.5 Å². The Labute approximate surface area is 179 Å². The molecule has 156 valence electrons. The van der Waals surface area contributed by atoms with Gasteiger partial charge in [0.15, 0.2) is 5.82 Å². The normalized spacial score (nSPS) is 13.5. The van der Waals surface area contributed by atoms with E-state index < -0.39 is 0 Å². The molecule has 4 aromatic rings. The third kappa shape index (κ3) is 3.76. The van der Waals surface area contributed by atoms with Crippen molar-refractivity contribution in [2.24, 2.45) is 0 Å². The number of fused-ring (bicyclic) bond motifs is 1. The summed E-state index contributed by atoms with van der Waals surface area (Å²) in [6.07, 6.45) is 3.89. The summed E-state index contributed by atoms with van der Waals surface area (Å²) < 4.78 is 1.87. The van der Waals surface area contributed by atoms with Crippen LogP contribution in [0.3, 0.4) is 0 Å². The van der Waals surface area contributed by atoms with Gasteiger partial charge in [0.1, 0.15) is 0 Å². The Bertz CT molecular complexity index is 1260. The molecule has 0 saturated heterocycles. The van der Waals surface area contributed by atoms with Crippen LogP contribution in [0, 0.1) is 0 Å². The number of nitrogens with zero attached hydrogens (tertiary/aromatic N) is 6. The standard InChI is InChI=1S/C23H23N7O/c1-3-18-19(4-2)26-21-13-15(7-12-20(21)25-18)23(31)24-16-8-5-14(6-9-16)22-27-28-29-30(22)17-10-11-17/h5-9,12-13,17H,3-4,10-11H2,1-2H3,(H,24,31).